The monoisotopic (exact) mass is 379 g/mol. The highest BCUT2D eigenvalue weighted by Gasteiger charge is 2.12. The lowest BCUT2D eigenvalue weighted by molar-refractivity contribution is 0.0696. The molecule has 0 fully saturated rings. The maximum absolute atomic E-state index is 13.4. The minimum absolute atomic E-state index is 0.0505. The van der Waals surface area contributed by atoms with Gasteiger partial charge in [0.2, 0.25) is 5.88 Å². The highest BCUT2D eigenvalue weighted by Crippen LogP contribution is 2.33. The van der Waals surface area contributed by atoms with Crippen LogP contribution in [0.4, 0.5) is 4.39 Å². The number of hydrogen-bond acceptors (Lipinski definition) is 3. The Morgan fingerprint density at radius 1 is 1.30 bits per heavy atom. The SMILES string of the molecule is O=C(O)c1cc(Cl)nc(Oc2cc(F)c(Cl)cc2Br)c1. The summed E-state index contributed by atoms with van der Waals surface area (Å²) in [4.78, 5) is 14.7. The zero-order valence-electron chi connectivity index (χ0n) is 9.53. The fourth-order valence-corrected chi connectivity index (χ4v) is 2.26. The average molecular weight is 381 g/mol. The van der Waals surface area contributed by atoms with Crippen molar-refractivity contribution in [3.63, 3.8) is 0 Å². The summed E-state index contributed by atoms with van der Waals surface area (Å²) in [5.41, 5.74) is -0.0921. The van der Waals surface area contributed by atoms with E-state index in [4.69, 9.17) is 33.0 Å². The number of rotatable bonds is 3. The third kappa shape index (κ3) is 3.39. The van der Waals surface area contributed by atoms with Gasteiger partial charge in [0.25, 0.3) is 0 Å². The van der Waals surface area contributed by atoms with Crippen molar-refractivity contribution in [3.05, 3.63) is 50.3 Å². The molecule has 1 heterocycles. The number of aromatic nitrogens is 1. The molecule has 4 nitrogen and oxygen atoms in total. The van der Waals surface area contributed by atoms with Crippen molar-refractivity contribution < 1.29 is 19.0 Å². The fraction of sp³-hybridized carbons (Fsp3) is 0. The lowest BCUT2D eigenvalue weighted by Gasteiger charge is -2.08. The highest BCUT2D eigenvalue weighted by molar-refractivity contribution is 9.10. The number of pyridine rings is 1. The standard InChI is InChI=1S/C12H5BrCl2FNO3/c13-6-3-7(14)8(16)4-9(6)20-11-2-5(12(18)19)1-10(15)17-11/h1-4H,(H,18,19). The lowest BCUT2D eigenvalue weighted by atomic mass is 10.3. The van der Waals surface area contributed by atoms with Crippen molar-refractivity contribution in [1.29, 1.82) is 0 Å². The van der Waals surface area contributed by atoms with Gasteiger partial charge >= 0.3 is 5.97 Å². The van der Waals surface area contributed by atoms with Gasteiger partial charge in [-0.05, 0) is 28.1 Å². The number of benzene rings is 1. The first-order chi connectivity index (χ1) is 9.36. The van der Waals surface area contributed by atoms with Crippen LogP contribution in [0, 0.1) is 5.82 Å². The van der Waals surface area contributed by atoms with E-state index in [2.05, 4.69) is 20.9 Å². The Morgan fingerprint density at radius 2 is 2.00 bits per heavy atom. The molecule has 0 aliphatic carbocycles. The van der Waals surface area contributed by atoms with Crippen molar-refractivity contribution in [2.45, 2.75) is 0 Å². The van der Waals surface area contributed by atoms with Gasteiger partial charge in [0.1, 0.15) is 16.7 Å². The van der Waals surface area contributed by atoms with Crippen LogP contribution in [0.3, 0.4) is 0 Å². The van der Waals surface area contributed by atoms with E-state index >= 15 is 0 Å². The molecule has 0 unspecified atom stereocenters. The second-order valence-electron chi connectivity index (χ2n) is 3.62. The van der Waals surface area contributed by atoms with Gasteiger partial charge in [0, 0.05) is 12.1 Å². The maximum atomic E-state index is 13.4. The Morgan fingerprint density at radius 3 is 2.65 bits per heavy atom. The van der Waals surface area contributed by atoms with Crippen LogP contribution >= 0.6 is 39.1 Å². The molecule has 0 atom stereocenters. The van der Waals surface area contributed by atoms with Crippen LogP contribution in [0.15, 0.2) is 28.7 Å². The molecular weight excluding hydrogens is 376 g/mol. The third-order valence-electron chi connectivity index (χ3n) is 2.21. The van der Waals surface area contributed by atoms with E-state index in [-0.39, 0.29) is 27.4 Å². The summed E-state index contributed by atoms with van der Waals surface area (Å²) in [6, 6.07) is 4.71. The molecule has 0 saturated carbocycles. The van der Waals surface area contributed by atoms with E-state index in [9.17, 15) is 9.18 Å². The van der Waals surface area contributed by atoms with Crippen LogP contribution in [0.2, 0.25) is 10.2 Å². The zero-order valence-corrected chi connectivity index (χ0v) is 12.6. The normalized spacial score (nSPS) is 10.4. The summed E-state index contributed by atoms with van der Waals surface area (Å²) in [5.74, 6) is -1.83. The summed E-state index contributed by atoms with van der Waals surface area (Å²) < 4.78 is 19.1. The van der Waals surface area contributed by atoms with Crippen molar-refractivity contribution >= 4 is 45.1 Å². The maximum Gasteiger partial charge on any atom is 0.335 e. The zero-order chi connectivity index (χ0) is 14.9. The molecule has 20 heavy (non-hydrogen) atoms. The summed E-state index contributed by atoms with van der Waals surface area (Å²) in [6.45, 7) is 0. The summed E-state index contributed by atoms with van der Waals surface area (Å²) in [6.07, 6.45) is 0. The summed E-state index contributed by atoms with van der Waals surface area (Å²) in [5, 5.41) is 8.78. The molecular formula is C12H5BrCl2FNO3. The Bertz CT molecular complexity index is 697. The average Bonchev–Trinajstić information content (AvgIpc) is 2.35. The van der Waals surface area contributed by atoms with Gasteiger partial charge in [0.05, 0.1) is 15.1 Å². The first-order valence-electron chi connectivity index (χ1n) is 5.10. The van der Waals surface area contributed by atoms with Gasteiger partial charge in [-0.15, -0.1) is 0 Å². The number of ether oxygens (including phenoxy) is 1. The molecule has 0 aliphatic heterocycles. The van der Waals surface area contributed by atoms with E-state index in [0.717, 1.165) is 6.07 Å². The van der Waals surface area contributed by atoms with E-state index in [1.807, 2.05) is 0 Å². The first-order valence-corrected chi connectivity index (χ1v) is 6.65. The van der Waals surface area contributed by atoms with E-state index in [1.54, 1.807) is 0 Å². The Hall–Kier alpha value is -1.37. The van der Waals surface area contributed by atoms with Gasteiger partial charge in [0.15, 0.2) is 0 Å². The number of carbonyl (C=O) groups is 1. The largest absolute Gasteiger partial charge is 0.478 e. The topological polar surface area (TPSA) is 59.4 Å². The second-order valence-corrected chi connectivity index (χ2v) is 5.27. The third-order valence-corrected chi connectivity index (χ3v) is 3.31. The minimum Gasteiger partial charge on any atom is -0.478 e. The molecule has 0 spiro atoms. The predicted molar refractivity (Wildman–Crippen MR) is 75.4 cm³/mol. The second kappa shape index (κ2) is 5.95. The van der Waals surface area contributed by atoms with Crippen molar-refractivity contribution in [2.75, 3.05) is 0 Å². The number of hydrogen-bond donors (Lipinski definition) is 1. The van der Waals surface area contributed by atoms with Gasteiger partial charge in [-0.3, -0.25) is 0 Å². The number of carboxylic acids is 1. The summed E-state index contributed by atoms with van der Waals surface area (Å²) >= 11 is 14.5. The van der Waals surface area contributed by atoms with Crippen LogP contribution in [0.1, 0.15) is 10.4 Å². The van der Waals surface area contributed by atoms with Gasteiger partial charge in [-0.2, -0.15) is 0 Å². The van der Waals surface area contributed by atoms with Gasteiger partial charge in [-0.25, -0.2) is 14.2 Å². The first kappa shape index (κ1) is 15.0. The number of carboxylic acid groups (broad SMARTS) is 1. The molecule has 0 saturated heterocycles. The molecule has 0 aliphatic rings. The summed E-state index contributed by atoms with van der Waals surface area (Å²) in [7, 11) is 0. The molecule has 1 aromatic carbocycles. The molecule has 8 heteroatoms. The molecule has 104 valence electrons. The van der Waals surface area contributed by atoms with Crippen molar-refractivity contribution in [2.24, 2.45) is 0 Å². The molecule has 0 bridgehead atoms. The van der Waals surface area contributed by atoms with Crippen LogP contribution in [0.25, 0.3) is 0 Å². The van der Waals surface area contributed by atoms with E-state index in [0.29, 0.717) is 4.47 Å². The Balaban J connectivity index is 2.40. The van der Waals surface area contributed by atoms with E-state index in [1.165, 1.54) is 18.2 Å². The number of aromatic carboxylic acids is 1. The van der Waals surface area contributed by atoms with Gasteiger partial charge < -0.3 is 9.84 Å². The van der Waals surface area contributed by atoms with Crippen LogP contribution in [0.5, 0.6) is 11.6 Å². The lowest BCUT2D eigenvalue weighted by Crippen LogP contribution is -1.99. The molecule has 2 rings (SSSR count). The van der Waals surface area contributed by atoms with Crippen molar-refractivity contribution in [3.8, 4) is 11.6 Å². The Labute approximate surface area is 131 Å². The molecule has 2 aromatic rings. The molecule has 0 radical (unpaired) electrons. The number of halogens is 4. The molecule has 0 amide bonds. The molecule has 1 N–H and O–H groups in total. The smallest absolute Gasteiger partial charge is 0.335 e. The minimum atomic E-state index is -1.18. The Kier molecular flexibility index (Phi) is 4.47. The van der Waals surface area contributed by atoms with Gasteiger partial charge in [-0.1, -0.05) is 23.2 Å². The van der Waals surface area contributed by atoms with Crippen LogP contribution in [-0.4, -0.2) is 16.1 Å². The predicted octanol–water partition coefficient (Wildman–Crippen LogP) is 4.78. The quantitative estimate of drug-likeness (QED) is 0.614. The number of nitrogens with zero attached hydrogens (tertiary/aromatic N) is 1. The van der Waals surface area contributed by atoms with Crippen molar-refractivity contribution in [1.82, 2.24) is 4.98 Å². The highest BCUT2D eigenvalue weighted by atomic mass is 79.9. The van der Waals surface area contributed by atoms with Crippen LogP contribution < -0.4 is 4.74 Å². The fourth-order valence-electron chi connectivity index (χ4n) is 1.34. The molecule has 1 aromatic heterocycles. The van der Waals surface area contributed by atoms with Crippen LogP contribution in [-0.2, 0) is 0 Å². The van der Waals surface area contributed by atoms with E-state index < -0.39 is 11.8 Å².